The number of hydrogen-bond acceptors (Lipinski definition) is 6. The van der Waals surface area contributed by atoms with E-state index in [0.29, 0.717) is 23.9 Å². The molecule has 6 heteroatoms. The van der Waals surface area contributed by atoms with Gasteiger partial charge in [-0.3, -0.25) is 0 Å². The van der Waals surface area contributed by atoms with Crippen LogP contribution in [0.5, 0.6) is 0 Å². The Kier molecular flexibility index (Phi) is 5.97. The molecule has 1 heterocycles. The molecule has 0 fully saturated rings. The van der Waals surface area contributed by atoms with E-state index in [1.165, 1.54) is 0 Å². The first kappa shape index (κ1) is 18.5. The fraction of sp³-hybridized carbons (Fsp3) is 0.812. The molecule has 0 aromatic carbocycles. The molecule has 6 nitrogen and oxygen atoms in total. The Bertz CT molecular complexity index is 434. The second-order valence-electron chi connectivity index (χ2n) is 7.71. The van der Waals surface area contributed by atoms with Crippen LogP contribution in [-0.2, 0) is 0 Å². The van der Waals surface area contributed by atoms with E-state index in [2.05, 4.69) is 86.3 Å². The van der Waals surface area contributed by atoms with Gasteiger partial charge in [0, 0.05) is 17.1 Å². The first-order chi connectivity index (χ1) is 10.0. The van der Waals surface area contributed by atoms with E-state index in [1.807, 2.05) is 0 Å². The number of hydrogen-bond donors (Lipinski definition) is 3. The molecular weight excluding hydrogens is 276 g/mol. The zero-order valence-corrected chi connectivity index (χ0v) is 15.3. The Labute approximate surface area is 134 Å². The predicted octanol–water partition coefficient (Wildman–Crippen LogP) is 3.89. The lowest BCUT2D eigenvalue weighted by atomic mass is 10.1. The van der Waals surface area contributed by atoms with Crippen molar-refractivity contribution >= 4 is 17.8 Å². The van der Waals surface area contributed by atoms with Crippen molar-refractivity contribution in [1.29, 1.82) is 0 Å². The van der Waals surface area contributed by atoms with Crippen molar-refractivity contribution in [2.24, 2.45) is 0 Å². The van der Waals surface area contributed by atoms with E-state index in [9.17, 15) is 0 Å². The number of nitrogens with one attached hydrogen (secondary N) is 3. The van der Waals surface area contributed by atoms with Gasteiger partial charge >= 0.3 is 0 Å². The summed E-state index contributed by atoms with van der Waals surface area (Å²) in [7, 11) is 0. The molecule has 1 rings (SSSR count). The maximum absolute atomic E-state index is 4.50. The van der Waals surface area contributed by atoms with Gasteiger partial charge in [-0.2, -0.15) is 15.0 Å². The second kappa shape index (κ2) is 7.11. The molecule has 0 atom stereocenters. The van der Waals surface area contributed by atoms with Crippen LogP contribution in [0.1, 0.15) is 68.2 Å². The molecule has 3 N–H and O–H groups in total. The molecule has 126 valence electrons. The van der Waals surface area contributed by atoms with E-state index >= 15 is 0 Å². The highest BCUT2D eigenvalue weighted by atomic mass is 15.3. The maximum atomic E-state index is 4.50. The van der Waals surface area contributed by atoms with Gasteiger partial charge in [0.05, 0.1) is 0 Å². The summed E-state index contributed by atoms with van der Waals surface area (Å²) in [5.74, 6) is 1.78. The molecule has 1 aromatic rings. The van der Waals surface area contributed by atoms with Crippen LogP contribution in [-0.4, -0.2) is 32.1 Å². The molecular formula is C16H32N6. The highest BCUT2D eigenvalue weighted by Gasteiger charge is 2.17. The summed E-state index contributed by atoms with van der Waals surface area (Å²) < 4.78 is 0. The van der Waals surface area contributed by atoms with E-state index in [4.69, 9.17) is 0 Å². The molecule has 0 aliphatic heterocycles. The highest BCUT2D eigenvalue weighted by Crippen LogP contribution is 2.18. The Morgan fingerprint density at radius 2 is 1.09 bits per heavy atom. The van der Waals surface area contributed by atoms with E-state index < -0.39 is 0 Å². The van der Waals surface area contributed by atoms with Crippen LogP contribution in [0.3, 0.4) is 0 Å². The molecule has 0 spiro atoms. The maximum Gasteiger partial charge on any atom is 0.229 e. The summed E-state index contributed by atoms with van der Waals surface area (Å²) >= 11 is 0. The zero-order chi connectivity index (χ0) is 17.0. The summed E-state index contributed by atoms with van der Waals surface area (Å²) in [5.41, 5.74) is -0.209. The summed E-state index contributed by atoms with van der Waals surface area (Å²) in [6, 6.07) is 0.368. The largest absolute Gasteiger partial charge is 0.351 e. The van der Waals surface area contributed by atoms with Gasteiger partial charge in [-0.1, -0.05) is 13.8 Å². The Balaban J connectivity index is 3.08. The smallest absolute Gasteiger partial charge is 0.229 e. The molecule has 1 aromatic heterocycles. The first-order valence-electron chi connectivity index (χ1n) is 8.11. The summed E-state index contributed by atoms with van der Waals surface area (Å²) in [6.45, 7) is 16.8. The molecule has 0 radical (unpaired) electrons. The van der Waals surface area contributed by atoms with E-state index in [0.717, 1.165) is 12.8 Å². The van der Waals surface area contributed by atoms with Crippen LogP contribution in [0.15, 0.2) is 0 Å². The normalized spacial score (nSPS) is 12.4. The van der Waals surface area contributed by atoms with Crippen LogP contribution in [0.25, 0.3) is 0 Å². The lowest BCUT2D eigenvalue weighted by Gasteiger charge is -2.24. The van der Waals surface area contributed by atoms with E-state index in [1.54, 1.807) is 0 Å². The Hall–Kier alpha value is -1.59. The fourth-order valence-electron chi connectivity index (χ4n) is 1.90. The van der Waals surface area contributed by atoms with Gasteiger partial charge in [0.1, 0.15) is 0 Å². The van der Waals surface area contributed by atoms with Crippen molar-refractivity contribution in [3.05, 3.63) is 0 Å². The SMILES string of the molecule is CCC(CC)Nc1nc(NC(C)(C)C)nc(NC(C)(C)C)n1. The fourth-order valence-corrected chi connectivity index (χ4v) is 1.90. The zero-order valence-electron chi connectivity index (χ0n) is 15.3. The second-order valence-corrected chi connectivity index (χ2v) is 7.71. The van der Waals surface area contributed by atoms with Crippen LogP contribution in [0, 0.1) is 0 Å². The molecule has 0 saturated carbocycles. The predicted molar refractivity (Wildman–Crippen MR) is 94.6 cm³/mol. The third-order valence-electron chi connectivity index (χ3n) is 2.93. The van der Waals surface area contributed by atoms with Crippen LogP contribution in [0.4, 0.5) is 17.8 Å². The molecule has 0 saturated heterocycles. The number of nitrogens with zero attached hydrogens (tertiary/aromatic N) is 3. The molecule has 22 heavy (non-hydrogen) atoms. The molecule has 0 aliphatic carbocycles. The quantitative estimate of drug-likeness (QED) is 0.740. The number of anilines is 3. The van der Waals surface area contributed by atoms with Crippen LogP contribution < -0.4 is 16.0 Å². The van der Waals surface area contributed by atoms with Crippen molar-refractivity contribution in [2.75, 3.05) is 16.0 Å². The van der Waals surface area contributed by atoms with Crippen molar-refractivity contribution in [1.82, 2.24) is 15.0 Å². The Morgan fingerprint density at radius 1 is 0.727 bits per heavy atom. The van der Waals surface area contributed by atoms with Gasteiger partial charge in [-0.05, 0) is 54.4 Å². The lowest BCUT2D eigenvalue weighted by molar-refractivity contribution is 0.614. The number of aromatic nitrogens is 3. The third kappa shape index (κ3) is 6.91. The van der Waals surface area contributed by atoms with Crippen LogP contribution >= 0.6 is 0 Å². The van der Waals surface area contributed by atoms with Crippen LogP contribution in [0.2, 0.25) is 0 Å². The van der Waals surface area contributed by atoms with Gasteiger partial charge in [0.2, 0.25) is 17.8 Å². The van der Waals surface area contributed by atoms with Gasteiger partial charge in [-0.15, -0.1) is 0 Å². The minimum absolute atomic E-state index is 0.105. The minimum atomic E-state index is -0.105. The minimum Gasteiger partial charge on any atom is -0.351 e. The monoisotopic (exact) mass is 308 g/mol. The molecule has 0 aliphatic rings. The van der Waals surface area contributed by atoms with Crippen molar-refractivity contribution in [2.45, 2.75) is 85.4 Å². The standard InChI is InChI=1S/C16H32N6/c1-9-11(10-2)17-12-18-13(21-15(3,4)5)20-14(19-12)22-16(6,7)8/h11H,9-10H2,1-8H3,(H3,17,18,19,20,21,22). The van der Waals surface area contributed by atoms with Crippen molar-refractivity contribution in [3.8, 4) is 0 Å². The van der Waals surface area contributed by atoms with Gasteiger partial charge in [0.25, 0.3) is 0 Å². The molecule has 0 bridgehead atoms. The highest BCUT2D eigenvalue weighted by molar-refractivity contribution is 5.44. The third-order valence-corrected chi connectivity index (χ3v) is 2.93. The van der Waals surface area contributed by atoms with Crippen molar-refractivity contribution in [3.63, 3.8) is 0 Å². The lowest BCUT2D eigenvalue weighted by Crippen LogP contribution is -2.31. The van der Waals surface area contributed by atoms with Gasteiger partial charge < -0.3 is 16.0 Å². The summed E-state index contributed by atoms with van der Waals surface area (Å²) in [6.07, 6.45) is 2.07. The topological polar surface area (TPSA) is 74.8 Å². The average Bonchev–Trinajstić information content (AvgIpc) is 2.31. The average molecular weight is 308 g/mol. The Morgan fingerprint density at radius 3 is 1.41 bits per heavy atom. The van der Waals surface area contributed by atoms with E-state index in [-0.39, 0.29) is 11.1 Å². The number of rotatable bonds is 6. The molecule has 0 unspecified atom stereocenters. The van der Waals surface area contributed by atoms with Crippen molar-refractivity contribution < 1.29 is 0 Å². The van der Waals surface area contributed by atoms with Gasteiger partial charge in [0.15, 0.2) is 0 Å². The van der Waals surface area contributed by atoms with Gasteiger partial charge in [-0.25, -0.2) is 0 Å². The molecule has 0 amide bonds. The first-order valence-corrected chi connectivity index (χ1v) is 8.11. The summed E-state index contributed by atoms with van der Waals surface area (Å²) in [4.78, 5) is 13.5. The summed E-state index contributed by atoms with van der Waals surface area (Å²) in [5, 5.41) is 10.0.